The SMILES string of the molecule is Cn1cncc1CCNC(=O)c1ccc(NN)c(Cc2ccc(F)cc2)c1. The number of nitrogens with two attached hydrogens (primary N) is 1. The lowest BCUT2D eigenvalue weighted by Crippen LogP contribution is -2.26. The van der Waals surface area contributed by atoms with Crippen molar-refractivity contribution in [1.29, 1.82) is 0 Å². The Balaban J connectivity index is 1.68. The van der Waals surface area contributed by atoms with Crippen LogP contribution in [0.5, 0.6) is 0 Å². The molecule has 0 saturated carbocycles. The molecule has 1 aromatic heterocycles. The number of halogens is 1. The standard InChI is InChI=1S/C20H22FN5O/c1-26-13-23-12-18(26)8-9-24-20(27)15-4-7-19(25-22)16(11-15)10-14-2-5-17(21)6-3-14/h2-7,11-13,25H,8-10,22H2,1H3,(H,24,27). The molecule has 6 nitrogen and oxygen atoms in total. The number of benzene rings is 2. The van der Waals surface area contributed by atoms with Crippen LogP contribution in [0.2, 0.25) is 0 Å². The molecule has 140 valence electrons. The van der Waals surface area contributed by atoms with Gasteiger partial charge in [0, 0.05) is 37.5 Å². The van der Waals surface area contributed by atoms with Crippen molar-refractivity contribution in [1.82, 2.24) is 14.9 Å². The summed E-state index contributed by atoms with van der Waals surface area (Å²) >= 11 is 0. The van der Waals surface area contributed by atoms with Crippen LogP contribution in [0, 0.1) is 5.82 Å². The van der Waals surface area contributed by atoms with Gasteiger partial charge in [0.15, 0.2) is 0 Å². The van der Waals surface area contributed by atoms with Crippen molar-refractivity contribution >= 4 is 11.6 Å². The zero-order chi connectivity index (χ0) is 19.2. The van der Waals surface area contributed by atoms with E-state index in [4.69, 9.17) is 5.84 Å². The lowest BCUT2D eigenvalue weighted by atomic mass is 10.0. The summed E-state index contributed by atoms with van der Waals surface area (Å²) in [5.74, 6) is 5.15. The van der Waals surface area contributed by atoms with Gasteiger partial charge in [-0.3, -0.25) is 10.6 Å². The number of rotatable bonds is 7. The van der Waals surface area contributed by atoms with Crippen LogP contribution in [0.1, 0.15) is 27.2 Å². The van der Waals surface area contributed by atoms with E-state index < -0.39 is 0 Å². The molecule has 1 heterocycles. The predicted octanol–water partition coefficient (Wildman–Crippen LogP) is 2.41. The molecule has 3 rings (SSSR count). The van der Waals surface area contributed by atoms with Crippen LogP contribution in [-0.2, 0) is 19.9 Å². The summed E-state index contributed by atoms with van der Waals surface area (Å²) in [7, 11) is 1.92. The van der Waals surface area contributed by atoms with E-state index in [9.17, 15) is 9.18 Å². The summed E-state index contributed by atoms with van der Waals surface area (Å²) in [6.07, 6.45) is 4.76. The van der Waals surface area contributed by atoms with Gasteiger partial charge in [-0.15, -0.1) is 0 Å². The van der Waals surface area contributed by atoms with Gasteiger partial charge in [0.25, 0.3) is 5.91 Å². The summed E-state index contributed by atoms with van der Waals surface area (Å²) in [5, 5.41) is 2.92. The highest BCUT2D eigenvalue weighted by molar-refractivity contribution is 5.94. The average molecular weight is 367 g/mol. The lowest BCUT2D eigenvalue weighted by Gasteiger charge is -2.12. The van der Waals surface area contributed by atoms with Gasteiger partial charge in [-0.1, -0.05) is 12.1 Å². The second kappa shape index (κ2) is 8.46. The van der Waals surface area contributed by atoms with Crippen molar-refractivity contribution in [3.8, 4) is 0 Å². The quantitative estimate of drug-likeness (QED) is 0.442. The van der Waals surface area contributed by atoms with Crippen LogP contribution in [0.4, 0.5) is 10.1 Å². The molecule has 3 aromatic rings. The summed E-state index contributed by atoms with van der Waals surface area (Å²) in [5.41, 5.74) is 6.77. The minimum atomic E-state index is -0.280. The highest BCUT2D eigenvalue weighted by Crippen LogP contribution is 2.21. The second-order valence-electron chi connectivity index (χ2n) is 6.32. The maximum Gasteiger partial charge on any atom is 0.251 e. The number of hydrogen-bond acceptors (Lipinski definition) is 4. The minimum absolute atomic E-state index is 0.152. The number of amides is 1. The van der Waals surface area contributed by atoms with Gasteiger partial charge in [0.05, 0.1) is 12.0 Å². The van der Waals surface area contributed by atoms with Gasteiger partial charge in [0.2, 0.25) is 0 Å². The van der Waals surface area contributed by atoms with Crippen LogP contribution in [0.25, 0.3) is 0 Å². The lowest BCUT2D eigenvalue weighted by molar-refractivity contribution is 0.0954. The molecule has 0 aliphatic heterocycles. The van der Waals surface area contributed by atoms with E-state index in [2.05, 4.69) is 15.7 Å². The Labute approximate surface area is 157 Å². The Morgan fingerprint density at radius 3 is 2.67 bits per heavy atom. The number of carbonyl (C=O) groups is 1. The number of aryl methyl sites for hydroxylation is 1. The third-order valence-corrected chi connectivity index (χ3v) is 4.41. The second-order valence-corrected chi connectivity index (χ2v) is 6.32. The van der Waals surface area contributed by atoms with E-state index in [1.807, 2.05) is 11.6 Å². The molecule has 0 aliphatic carbocycles. The molecule has 27 heavy (non-hydrogen) atoms. The number of nitrogen functional groups attached to an aromatic ring is 1. The van der Waals surface area contributed by atoms with Gasteiger partial charge in [-0.25, -0.2) is 9.37 Å². The van der Waals surface area contributed by atoms with Crippen molar-refractivity contribution in [2.24, 2.45) is 12.9 Å². The zero-order valence-electron chi connectivity index (χ0n) is 15.1. The van der Waals surface area contributed by atoms with Gasteiger partial charge >= 0.3 is 0 Å². The summed E-state index contributed by atoms with van der Waals surface area (Å²) in [6, 6.07) is 11.6. The smallest absolute Gasteiger partial charge is 0.251 e. The molecule has 0 aliphatic rings. The third-order valence-electron chi connectivity index (χ3n) is 4.41. The van der Waals surface area contributed by atoms with Gasteiger partial charge in [-0.05, 0) is 47.9 Å². The molecule has 0 atom stereocenters. The number of hydrogen-bond donors (Lipinski definition) is 3. The normalized spacial score (nSPS) is 10.6. The first-order valence-electron chi connectivity index (χ1n) is 8.64. The summed E-state index contributed by atoms with van der Waals surface area (Å²) in [6.45, 7) is 0.516. The first-order valence-corrected chi connectivity index (χ1v) is 8.64. The van der Waals surface area contributed by atoms with Crippen LogP contribution in [-0.4, -0.2) is 22.0 Å². The number of aromatic nitrogens is 2. The van der Waals surface area contributed by atoms with E-state index in [1.54, 1.807) is 42.9 Å². The Hall–Kier alpha value is -3.19. The molecule has 7 heteroatoms. The maximum atomic E-state index is 13.1. The highest BCUT2D eigenvalue weighted by Gasteiger charge is 2.10. The van der Waals surface area contributed by atoms with Crippen LogP contribution >= 0.6 is 0 Å². The minimum Gasteiger partial charge on any atom is -0.352 e. The zero-order valence-corrected chi connectivity index (χ0v) is 15.1. The number of nitrogens with one attached hydrogen (secondary N) is 2. The number of imidazole rings is 1. The fraction of sp³-hybridized carbons (Fsp3) is 0.200. The van der Waals surface area contributed by atoms with Crippen molar-refractivity contribution in [3.63, 3.8) is 0 Å². The topological polar surface area (TPSA) is 85.0 Å². The van der Waals surface area contributed by atoms with E-state index in [1.165, 1.54) is 12.1 Å². The Morgan fingerprint density at radius 1 is 1.22 bits per heavy atom. The Morgan fingerprint density at radius 2 is 2.00 bits per heavy atom. The maximum absolute atomic E-state index is 13.1. The largest absolute Gasteiger partial charge is 0.352 e. The summed E-state index contributed by atoms with van der Waals surface area (Å²) in [4.78, 5) is 16.5. The van der Waals surface area contributed by atoms with Gasteiger partial charge in [-0.2, -0.15) is 0 Å². The fourth-order valence-corrected chi connectivity index (χ4v) is 2.88. The van der Waals surface area contributed by atoms with Crippen LogP contribution < -0.4 is 16.6 Å². The molecule has 0 bridgehead atoms. The predicted molar refractivity (Wildman–Crippen MR) is 103 cm³/mol. The molecular formula is C20H22FN5O. The first-order chi connectivity index (χ1) is 13.1. The molecule has 4 N–H and O–H groups in total. The van der Waals surface area contributed by atoms with Crippen LogP contribution in [0.3, 0.4) is 0 Å². The van der Waals surface area contributed by atoms with E-state index in [0.29, 0.717) is 24.9 Å². The molecule has 0 fully saturated rings. The third kappa shape index (κ3) is 4.71. The van der Waals surface area contributed by atoms with Crippen molar-refractivity contribution < 1.29 is 9.18 Å². The molecular weight excluding hydrogens is 345 g/mol. The van der Waals surface area contributed by atoms with Gasteiger partial charge in [0.1, 0.15) is 5.82 Å². The van der Waals surface area contributed by atoms with Gasteiger partial charge < -0.3 is 15.3 Å². The molecule has 0 radical (unpaired) electrons. The molecule has 2 aromatic carbocycles. The number of nitrogens with zero attached hydrogens (tertiary/aromatic N) is 2. The van der Waals surface area contributed by atoms with E-state index in [-0.39, 0.29) is 11.7 Å². The molecule has 0 unspecified atom stereocenters. The van der Waals surface area contributed by atoms with Crippen LogP contribution in [0.15, 0.2) is 55.0 Å². The van der Waals surface area contributed by atoms with Crippen molar-refractivity contribution in [3.05, 3.63) is 83.2 Å². The molecule has 0 spiro atoms. The average Bonchev–Trinajstić information content (AvgIpc) is 3.08. The monoisotopic (exact) mass is 367 g/mol. The molecule has 1 amide bonds. The van der Waals surface area contributed by atoms with Crippen molar-refractivity contribution in [2.75, 3.05) is 12.0 Å². The van der Waals surface area contributed by atoms with Crippen molar-refractivity contribution in [2.45, 2.75) is 12.8 Å². The number of anilines is 1. The Kier molecular flexibility index (Phi) is 5.83. The Bertz CT molecular complexity index is 920. The number of hydrazine groups is 1. The van der Waals surface area contributed by atoms with E-state index >= 15 is 0 Å². The number of carbonyl (C=O) groups excluding carboxylic acids is 1. The summed E-state index contributed by atoms with van der Waals surface area (Å²) < 4.78 is 15.0. The first kappa shape index (κ1) is 18.6. The molecule has 0 saturated heterocycles. The fourth-order valence-electron chi connectivity index (χ4n) is 2.88. The highest BCUT2D eigenvalue weighted by atomic mass is 19.1. The van der Waals surface area contributed by atoms with E-state index in [0.717, 1.165) is 22.5 Å².